The van der Waals surface area contributed by atoms with Crippen LogP contribution in [0.3, 0.4) is 0 Å². The number of benzene rings is 2. The summed E-state index contributed by atoms with van der Waals surface area (Å²) in [6, 6.07) is 19.9. The van der Waals surface area contributed by atoms with Crippen molar-refractivity contribution in [2.45, 2.75) is 64.8 Å². The molecule has 3 aromatic rings. The van der Waals surface area contributed by atoms with E-state index in [0.29, 0.717) is 5.56 Å². The van der Waals surface area contributed by atoms with E-state index in [0.717, 1.165) is 23.9 Å². The summed E-state index contributed by atoms with van der Waals surface area (Å²) in [6.07, 6.45) is 10.2. The molecule has 3 rings (SSSR count). The van der Waals surface area contributed by atoms with Crippen molar-refractivity contribution in [1.29, 1.82) is 15.8 Å². The molecule has 2 aromatic carbocycles. The molecular weight excluding hydrogens is 380 g/mol. The van der Waals surface area contributed by atoms with Gasteiger partial charge in [0.05, 0.1) is 5.57 Å². The first-order valence-electron chi connectivity index (χ1n) is 11.2. The minimum atomic E-state index is -0.146. The van der Waals surface area contributed by atoms with E-state index < -0.39 is 0 Å². The summed E-state index contributed by atoms with van der Waals surface area (Å²) in [5.74, 6) is 0. The van der Waals surface area contributed by atoms with Crippen molar-refractivity contribution in [3.05, 3.63) is 53.6 Å². The SMILES string of the molecule is CCCCCCCCCCn1c2ccccc2c2ccc(C(C#N)=C(C#N)C#N)cc21. The lowest BCUT2D eigenvalue weighted by atomic mass is 10.0. The van der Waals surface area contributed by atoms with E-state index in [1.165, 1.54) is 55.8 Å². The molecule has 0 atom stereocenters. The molecule has 0 aliphatic rings. The maximum atomic E-state index is 9.55. The van der Waals surface area contributed by atoms with Crippen molar-refractivity contribution >= 4 is 27.4 Å². The molecule has 0 aliphatic carbocycles. The molecular formula is C27H28N4. The number of para-hydroxylation sites is 1. The Kier molecular flexibility index (Phi) is 7.86. The van der Waals surface area contributed by atoms with Gasteiger partial charge in [-0.25, -0.2) is 0 Å². The summed E-state index contributed by atoms with van der Waals surface area (Å²) in [4.78, 5) is 0. The molecule has 0 saturated heterocycles. The summed E-state index contributed by atoms with van der Waals surface area (Å²) >= 11 is 0. The van der Waals surface area contributed by atoms with Gasteiger partial charge in [-0.15, -0.1) is 0 Å². The highest BCUT2D eigenvalue weighted by molar-refractivity contribution is 6.09. The second-order valence-electron chi connectivity index (χ2n) is 7.96. The molecule has 0 amide bonds. The number of unbranched alkanes of at least 4 members (excludes halogenated alkanes) is 7. The Bertz CT molecular complexity index is 1190. The highest BCUT2D eigenvalue weighted by Crippen LogP contribution is 2.32. The van der Waals surface area contributed by atoms with Gasteiger partial charge in [0, 0.05) is 28.4 Å². The molecule has 0 spiro atoms. The standard InChI is InChI=1S/C27H28N4/c1-2-3-4-5-6-7-8-11-16-31-26-13-10-9-12-23(26)24-15-14-21(17-27(24)31)25(20-30)22(18-28)19-29/h9-10,12-15,17H,2-8,11,16H2,1H3. The minimum absolute atomic E-state index is 0.135. The van der Waals surface area contributed by atoms with Gasteiger partial charge < -0.3 is 4.57 Å². The molecule has 31 heavy (non-hydrogen) atoms. The minimum Gasteiger partial charge on any atom is -0.340 e. The molecule has 1 heterocycles. The summed E-state index contributed by atoms with van der Waals surface area (Å²) < 4.78 is 2.32. The number of aryl methyl sites for hydroxylation is 1. The van der Waals surface area contributed by atoms with Gasteiger partial charge in [-0.1, -0.05) is 82.2 Å². The number of allylic oxidation sites excluding steroid dienone is 2. The van der Waals surface area contributed by atoms with Crippen LogP contribution in [0, 0.1) is 34.0 Å². The summed E-state index contributed by atoms with van der Waals surface area (Å²) in [6.45, 7) is 3.16. The lowest BCUT2D eigenvalue weighted by Gasteiger charge is -2.09. The molecule has 0 saturated carbocycles. The van der Waals surface area contributed by atoms with Gasteiger partial charge in [0.15, 0.2) is 0 Å². The number of aromatic nitrogens is 1. The Balaban J connectivity index is 1.89. The highest BCUT2D eigenvalue weighted by atomic mass is 15.0. The molecule has 0 N–H and O–H groups in total. The number of nitriles is 3. The fourth-order valence-corrected chi connectivity index (χ4v) is 4.25. The van der Waals surface area contributed by atoms with Crippen LogP contribution in [0.15, 0.2) is 48.0 Å². The van der Waals surface area contributed by atoms with Crippen molar-refractivity contribution in [1.82, 2.24) is 4.57 Å². The van der Waals surface area contributed by atoms with E-state index in [-0.39, 0.29) is 11.1 Å². The second-order valence-corrected chi connectivity index (χ2v) is 7.96. The molecule has 0 unspecified atom stereocenters. The topological polar surface area (TPSA) is 76.3 Å². The maximum absolute atomic E-state index is 9.55. The van der Waals surface area contributed by atoms with E-state index in [2.05, 4.69) is 29.7 Å². The van der Waals surface area contributed by atoms with Crippen LogP contribution in [0.25, 0.3) is 27.4 Å². The first-order valence-corrected chi connectivity index (χ1v) is 11.2. The quantitative estimate of drug-likeness (QED) is 0.262. The Hall–Kier alpha value is -3.55. The smallest absolute Gasteiger partial charge is 0.148 e. The monoisotopic (exact) mass is 408 g/mol. The second kappa shape index (κ2) is 11.0. The molecule has 4 nitrogen and oxygen atoms in total. The normalized spacial score (nSPS) is 10.5. The molecule has 0 radical (unpaired) electrons. The van der Waals surface area contributed by atoms with Crippen LogP contribution in [-0.4, -0.2) is 4.57 Å². The molecule has 1 aromatic heterocycles. The van der Waals surface area contributed by atoms with Crippen LogP contribution in [-0.2, 0) is 6.54 Å². The van der Waals surface area contributed by atoms with Crippen molar-refractivity contribution < 1.29 is 0 Å². The largest absolute Gasteiger partial charge is 0.340 e. The lowest BCUT2D eigenvalue weighted by molar-refractivity contribution is 0.553. The number of nitrogens with zero attached hydrogens (tertiary/aromatic N) is 4. The Morgan fingerprint density at radius 1 is 0.742 bits per heavy atom. The molecule has 0 fully saturated rings. The average molecular weight is 409 g/mol. The van der Waals surface area contributed by atoms with Gasteiger partial charge in [-0.2, -0.15) is 15.8 Å². The average Bonchev–Trinajstić information content (AvgIpc) is 3.12. The van der Waals surface area contributed by atoms with E-state index in [1.807, 2.05) is 42.5 Å². The van der Waals surface area contributed by atoms with Crippen molar-refractivity contribution in [2.75, 3.05) is 0 Å². The summed E-state index contributed by atoms with van der Waals surface area (Å²) in [5.41, 5.74) is 2.84. The zero-order valence-electron chi connectivity index (χ0n) is 18.2. The van der Waals surface area contributed by atoms with Crippen LogP contribution in [0.5, 0.6) is 0 Å². The van der Waals surface area contributed by atoms with E-state index in [9.17, 15) is 15.8 Å². The van der Waals surface area contributed by atoms with Crippen LogP contribution >= 0.6 is 0 Å². The third kappa shape index (κ3) is 4.96. The van der Waals surface area contributed by atoms with Crippen LogP contribution in [0.2, 0.25) is 0 Å². The van der Waals surface area contributed by atoms with Gasteiger partial charge in [0.2, 0.25) is 0 Å². The van der Waals surface area contributed by atoms with Gasteiger partial charge >= 0.3 is 0 Å². The number of fused-ring (bicyclic) bond motifs is 3. The zero-order valence-corrected chi connectivity index (χ0v) is 18.2. The molecule has 4 heteroatoms. The first kappa shape index (κ1) is 22.1. The van der Waals surface area contributed by atoms with Gasteiger partial charge in [-0.3, -0.25) is 0 Å². The van der Waals surface area contributed by atoms with E-state index in [4.69, 9.17) is 0 Å². The Morgan fingerprint density at radius 2 is 1.39 bits per heavy atom. The van der Waals surface area contributed by atoms with E-state index in [1.54, 1.807) is 0 Å². The number of hydrogen-bond donors (Lipinski definition) is 0. The molecule has 0 bridgehead atoms. The zero-order chi connectivity index (χ0) is 22.1. The molecule has 156 valence electrons. The maximum Gasteiger partial charge on any atom is 0.148 e. The summed E-state index contributed by atoms with van der Waals surface area (Å²) in [7, 11) is 0. The predicted octanol–water partition coefficient (Wildman–Crippen LogP) is 7.26. The first-order chi connectivity index (χ1) is 15.2. The van der Waals surface area contributed by atoms with Crippen molar-refractivity contribution in [3.8, 4) is 18.2 Å². The third-order valence-electron chi connectivity index (χ3n) is 5.88. The fourth-order valence-electron chi connectivity index (χ4n) is 4.25. The summed E-state index contributed by atoms with van der Waals surface area (Å²) in [5, 5.41) is 30.3. The van der Waals surface area contributed by atoms with Crippen molar-refractivity contribution in [2.24, 2.45) is 0 Å². The fraction of sp³-hybridized carbons (Fsp3) is 0.370. The highest BCUT2D eigenvalue weighted by Gasteiger charge is 2.14. The van der Waals surface area contributed by atoms with Crippen LogP contribution in [0.4, 0.5) is 0 Å². The third-order valence-corrected chi connectivity index (χ3v) is 5.88. The lowest BCUT2D eigenvalue weighted by Crippen LogP contribution is -1.98. The predicted molar refractivity (Wildman–Crippen MR) is 126 cm³/mol. The van der Waals surface area contributed by atoms with Gasteiger partial charge in [0.25, 0.3) is 0 Å². The molecule has 0 aliphatic heterocycles. The van der Waals surface area contributed by atoms with Crippen LogP contribution in [0.1, 0.15) is 63.9 Å². The van der Waals surface area contributed by atoms with Crippen molar-refractivity contribution in [3.63, 3.8) is 0 Å². The van der Waals surface area contributed by atoms with Gasteiger partial charge in [0.1, 0.15) is 23.8 Å². The number of hydrogen-bond acceptors (Lipinski definition) is 3. The van der Waals surface area contributed by atoms with Gasteiger partial charge in [-0.05, 0) is 24.1 Å². The Labute approximate surface area is 184 Å². The van der Waals surface area contributed by atoms with Crippen LogP contribution < -0.4 is 0 Å². The van der Waals surface area contributed by atoms with E-state index >= 15 is 0 Å². The Morgan fingerprint density at radius 3 is 2.06 bits per heavy atom. The number of rotatable bonds is 10.